The van der Waals surface area contributed by atoms with E-state index in [1.165, 1.54) is 4.90 Å². The summed E-state index contributed by atoms with van der Waals surface area (Å²) >= 11 is 0. The highest BCUT2D eigenvalue weighted by atomic mass is 16.4. The van der Waals surface area contributed by atoms with Crippen LogP contribution in [0.1, 0.15) is 6.42 Å². The van der Waals surface area contributed by atoms with Crippen molar-refractivity contribution in [2.45, 2.75) is 6.42 Å². The fraction of sp³-hybridized carbons (Fsp3) is 0.556. The van der Waals surface area contributed by atoms with Crippen molar-refractivity contribution in [2.75, 3.05) is 13.6 Å². The van der Waals surface area contributed by atoms with Gasteiger partial charge in [-0.1, -0.05) is 6.08 Å². The molecule has 1 N–H and O–H groups in total. The van der Waals surface area contributed by atoms with Gasteiger partial charge in [-0.2, -0.15) is 0 Å². The number of rotatable bonds is 4. The molecule has 0 bridgehead atoms. The van der Waals surface area contributed by atoms with Gasteiger partial charge in [-0.25, -0.2) is 0 Å². The van der Waals surface area contributed by atoms with Crippen LogP contribution in [0.2, 0.25) is 0 Å². The van der Waals surface area contributed by atoms with E-state index in [1.54, 1.807) is 13.1 Å². The molecule has 0 saturated heterocycles. The molecule has 0 aromatic carbocycles. The summed E-state index contributed by atoms with van der Waals surface area (Å²) < 4.78 is 0. The molecule has 1 amide bonds. The Morgan fingerprint density at radius 2 is 2.23 bits per heavy atom. The van der Waals surface area contributed by atoms with Gasteiger partial charge in [0.05, 0.1) is 11.8 Å². The van der Waals surface area contributed by atoms with Gasteiger partial charge in [0.1, 0.15) is 0 Å². The number of likely N-dealkylation sites (N-methyl/N-ethyl adjacent to an activating group) is 1. The summed E-state index contributed by atoms with van der Waals surface area (Å²) in [7, 11) is 1.65. The quantitative estimate of drug-likeness (QED) is 0.640. The fourth-order valence-corrected chi connectivity index (χ4v) is 1.31. The third-order valence-corrected chi connectivity index (χ3v) is 2.20. The average Bonchev–Trinajstić information content (AvgIpc) is 2.82. The highest BCUT2D eigenvalue weighted by Gasteiger charge is 2.49. The molecule has 72 valence electrons. The molecule has 0 spiro atoms. The molecule has 0 aliphatic heterocycles. The second-order valence-electron chi connectivity index (χ2n) is 3.29. The second kappa shape index (κ2) is 3.60. The van der Waals surface area contributed by atoms with Crippen molar-refractivity contribution in [3.63, 3.8) is 0 Å². The van der Waals surface area contributed by atoms with Gasteiger partial charge in [0, 0.05) is 13.6 Å². The van der Waals surface area contributed by atoms with E-state index >= 15 is 0 Å². The molecule has 4 heteroatoms. The second-order valence-corrected chi connectivity index (χ2v) is 3.29. The molecule has 1 aliphatic rings. The minimum atomic E-state index is -0.870. The van der Waals surface area contributed by atoms with E-state index in [-0.39, 0.29) is 11.8 Å². The smallest absolute Gasteiger partial charge is 0.307 e. The lowest BCUT2D eigenvalue weighted by atomic mass is 10.3. The Kier molecular flexibility index (Phi) is 2.70. The van der Waals surface area contributed by atoms with Crippen molar-refractivity contribution in [2.24, 2.45) is 11.8 Å². The molecule has 0 radical (unpaired) electrons. The zero-order valence-electron chi connectivity index (χ0n) is 7.56. The van der Waals surface area contributed by atoms with Crippen LogP contribution in [0.3, 0.4) is 0 Å². The standard InChI is InChI=1S/C9H13NO3/c1-3-4-10(2)8(11)6-5-7(6)9(12)13/h3,6-7H,1,4-5H2,2H3,(H,12,13)/t6-,7-/m0/s1. The number of carboxylic acid groups (broad SMARTS) is 1. The number of hydrogen-bond acceptors (Lipinski definition) is 2. The van der Waals surface area contributed by atoms with Gasteiger partial charge in [0.2, 0.25) is 5.91 Å². The van der Waals surface area contributed by atoms with Crippen LogP contribution in [-0.2, 0) is 9.59 Å². The summed E-state index contributed by atoms with van der Waals surface area (Å²) in [5, 5.41) is 8.59. The molecule has 13 heavy (non-hydrogen) atoms. The Hall–Kier alpha value is -1.32. The van der Waals surface area contributed by atoms with Crippen LogP contribution in [-0.4, -0.2) is 35.5 Å². The van der Waals surface area contributed by atoms with Crippen molar-refractivity contribution in [3.8, 4) is 0 Å². The van der Waals surface area contributed by atoms with Crippen LogP contribution in [0, 0.1) is 11.8 Å². The molecular formula is C9H13NO3. The first kappa shape index (κ1) is 9.77. The average molecular weight is 183 g/mol. The van der Waals surface area contributed by atoms with Crippen LogP contribution < -0.4 is 0 Å². The Bertz CT molecular complexity index is 249. The Labute approximate surface area is 76.8 Å². The monoisotopic (exact) mass is 183 g/mol. The maximum atomic E-state index is 11.4. The van der Waals surface area contributed by atoms with Crippen LogP contribution >= 0.6 is 0 Å². The van der Waals surface area contributed by atoms with Crippen LogP contribution in [0.15, 0.2) is 12.7 Å². The van der Waals surface area contributed by atoms with Gasteiger partial charge in [-0.3, -0.25) is 9.59 Å². The predicted molar refractivity (Wildman–Crippen MR) is 47.1 cm³/mol. The summed E-state index contributed by atoms with van der Waals surface area (Å²) in [6.07, 6.45) is 2.10. The Balaban J connectivity index is 2.43. The lowest BCUT2D eigenvalue weighted by Gasteiger charge is -2.13. The van der Waals surface area contributed by atoms with Crippen LogP contribution in [0.25, 0.3) is 0 Å². The molecule has 2 atom stereocenters. The van der Waals surface area contributed by atoms with Crippen LogP contribution in [0.4, 0.5) is 0 Å². The first-order valence-electron chi connectivity index (χ1n) is 4.16. The van der Waals surface area contributed by atoms with E-state index in [0.717, 1.165) is 0 Å². The highest BCUT2D eigenvalue weighted by molar-refractivity contribution is 5.89. The zero-order chi connectivity index (χ0) is 10.0. The summed E-state index contributed by atoms with van der Waals surface area (Å²) in [6.45, 7) is 3.98. The van der Waals surface area contributed by atoms with Gasteiger partial charge in [-0.15, -0.1) is 6.58 Å². The summed E-state index contributed by atoms with van der Waals surface area (Å²) in [5.74, 6) is -1.72. The third-order valence-electron chi connectivity index (χ3n) is 2.20. The maximum Gasteiger partial charge on any atom is 0.307 e. The Morgan fingerprint density at radius 3 is 2.62 bits per heavy atom. The van der Waals surface area contributed by atoms with Gasteiger partial charge in [-0.05, 0) is 6.42 Å². The number of amides is 1. The number of nitrogens with zero attached hydrogens (tertiary/aromatic N) is 1. The minimum absolute atomic E-state index is 0.0905. The molecule has 0 unspecified atom stereocenters. The Morgan fingerprint density at radius 1 is 1.62 bits per heavy atom. The van der Waals surface area contributed by atoms with Gasteiger partial charge >= 0.3 is 5.97 Å². The van der Waals surface area contributed by atoms with Gasteiger partial charge in [0.25, 0.3) is 0 Å². The summed E-state index contributed by atoms with van der Waals surface area (Å²) in [6, 6.07) is 0. The molecule has 1 fully saturated rings. The molecule has 1 saturated carbocycles. The summed E-state index contributed by atoms with van der Waals surface area (Å²) in [4.78, 5) is 23.4. The first-order chi connectivity index (χ1) is 6.07. The largest absolute Gasteiger partial charge is 0.481 e. The lowest BCUT2D eigenvalue weighted by Crippen LogP contribution is -2.29. The van der Waals surface area contributed by atoms with E-state index in [0.29, 0.717) is 13.0 Å². The van der Waals surface area contributed by atoms with E-state index in [1.807, 2.05) is 0 Å². The molecule has 4 nitrogen and oxygen atoms in total. The molecule has 0 heterocycles. The predicted octanol–water partition coefficient (Wildman–Crippen LogP) is 0.352. The lowest BCUT2D eigenvalue weighted by molar-refractivity contribution is -0.141. The normalized spacial score (nSPS) is 25.0. The molecule has 1 rings (SSSR count). The van der Waals surface area contributed by atoms with E-state index < -0.39 is 11.9 Å². The molecule has 0 aromatic rings. The summed E-state index contributed by atoms with van der Waals surface area (Å²) in [5.41, 5.74) is 0. The van der Waals surface area contributed by atoms with Gasteiger partial charge in [0.15, 0.2) is 0 Å². The molecular weight excluding hydrogens is 170 g/mol. The zero-order valence-corrected chi connectivity index (χ0v) is 7.56. The minimum Gasteiger partial charge on any atom is -0.481 e. The topological polar surface area (TPSA) is 57.6 Å². The highest BCUT2D eigenvalue weighted by Crippen LogP contribution is 2.39. The first-order valence-corrected chi connectivity index (χ1v) is 4.16. The van der Waals surface area contributed by atoms with Crippen molar-refractivity contribution in [1.82, 2.24) is 4.90 Å². The number of aliphatic carboxylic acids is 1. The van der Waals surface area contributed by atoms with Crippen molar-refractivity contribution in [3.05, 3.63) is 12.7 Å². The number of hydrogen-bond donors (Lipinski definition) is 1. The molecule has 1 aliphatic carbocycles. The van der Waals surface area contributed by atoms with Crippen LogP contribution in [0.5, 0.6) is 0 Å². The van der Waals surface area contributed by atoms with Crippen molar-refractivity contribution < 1.29 is 14.7 Å². The fourth-order valence-electron chi connectivity index (χ4n) is 1.31. The third kappa shape index (κ3) is 2.08. The van der Waals surface area contributed by atoms with E-state index in [9.17, 15) is 9.59 Å². The SMILES string of the molecule is C=CCN(C)C(=O)[C@H]1C[C@@H]1C(=O)O. The number of carbonyl (C=O) groups is 2. The number of carboxylic acids is 1. The van der Waals surface area contributed by atoms with Crippen molar-refractivity contribution in [1.29, 1.82) is 0 Å². The van der Waals surface area contributed by atoms with E-state index in [2.05, 4.69) is 6.58 Å². The number of carbonyl (C=O) groups excluding carboxylic acids is 1. The van der Waals surface area contributed by atoms with E-state index in [4.69, 9.17) is 5.11 Å². The van der Waals surface area contributed by atoms with Crippen molar-refractivity contribution >= 4 is 11.9 Å². The maximum absolute atomic E-state index is 11.4. The molecule has 0 aromatic heterocycles. The van der Waals surface area contributed by atoms with Gasteiger partial charge < -0.3 is 10.0 Å².